The molecule has 16 nitrogen and oxygen atoms in total. The van der Waals surface area contributed by atoms with Gasteiger partial charge in [-0.3, -0.25) is 30.2 Å². The Balaban J connectivity index is 1.22. The number of hydrogen-bond donors (Lipinski definition) is 7. The van der Waals surface area contributed by atoms with Crippen LogP contribution in [-0.4, -0.2) is 72.8 Å². The summed E-state index contributed by atoms with van der Waals surface area (Å²) in [5.41, 5.74) is 2.17. The number of nitrogens with one attached hydrogen (secondary N) is 3. The van der Waals surface area contributed by atoms with Crippen LogP contribution in [0.15, 0.2) is 97.6 Å². The minimum atomic E-state index is -1.66. The van der Waals surface area contributed by atoms with E-state index in [-0.39, 0.29) is 66.8 Å². The van der Waals surface area contributed by atoms with Crippen molar-refractivity contribution in [2.75, 3.05) is 13.2 Å². The summed E-state index contributed by atoms with van der Waals surface area (Å²) < 4.78 is 24.8. The molecule has 6 rings (SSSR count). The normalized spacial score (nSPS) is 12.8. The summed E-state index contributed by atoms with van der Waals surface area (Å²) in [4.78, 5) is 32.0. The number of hydrogen-bond acceptors (Lipinski definition) is 14. The van der Waals surface area contributed by atoms with E-state index in [0.29, 0.717) is 71.4 Å². The van der Waals surface area contributed by atoms with Crippen LogP contribution >= 0.6 is 46.4 Å². The number of carboxylic acids is 2. The molecule has 0 radical (unpaired) electrons. The molecule has 4 aromatic carbocycles. The van der Waals surface area contributed by atoms with Gasteiger partial charge in [-0.05, 0) is 38.1 Å². The minimum absolute atomic E-state index is 0.000847. The number of nitrogens with zero attached hydrogens (tertiary/aromatic N) is 3. The van der Waals surface area contributed by atoms with Crippen LogP contribution in [0.25, 0.3) is 11.1 Å². The SMILES string of the molecule is CC(CO)(NCc1cc(Cl)c(OCc2cccc(-c3cccc(COc4cc(OCc5cncc(C=N)c5)c(CNC(C)(CO)C(=O)O)cc4Cl)c3Cl)c2Cl)cc1OCc1cncc(C#N)c1)C(=O)O. The van der Waals surface area contributed by atoms with E-state index < -0.39 is 36.2 Å². The molecule has 6 aromatic rings. The fourth-order valence-electron chi connectivity index (χ4n) is 6.62. The highest BCUT2D eigenvalue weighted by Crippen LogP contribution is 2.40. The Morgan fingerprint density at radius 2 is 1.09 bits per heavy atom. The van der Waals surface area contributed by atoms with Crippen LogP contribution in [0.4, 0.5) is 0 Å². The van der Waals surface area contributed by atoms with E-state index in [9.17, 15) is 35.3 Å². The lowest BCUT2D eigenvalue weighted by molar-refractivity contribution is -0.146. The standard InChI is InChI=1S/C50H46Cl4N6O10/c1-49(27-61,47(63)64)59-21-35-11-39(51)43(13-41(35)67-23-31-9-29(15-55)17-57-19-31)69-25-33-5-3-7-37(45(33)53)38-8-4-6-34(46(38)54)26-70-44-14-42(68-24-32-10-30(16-56)18-58-20-32)36(12-40(44)52)22-60-50(2,28-62)48(65)66/h3-15,17-20,55,59-62H,21-28H2,1-2H3,(H,63,64)(H,65,66). The predicted octanol–water partition coefficient (Wildman–Crippen LogP) is 8.79. The van der Waals surface area contributed by atoms with E-state index >= 15 is 0 Å². The number of halogens is 4. The number of aliphatic hydroxyl groups is 2. The van der Waals surface area contributed by atoms with Gasteiger partial charge >= 0.3 is 11.9 Å². The molecule has 20 heteroatoms. The van der Waals surface area contributed by atoms with Crippen LogP contribution < -0.4 is 29.6 Å². The quantitative estimate of drug-likeness (QED) is 0.0280. The van der Waals surface area contributed by atoms with Gasteiger partial charge in [0.1, 0.15) is 66.6 Å². The lowest BCUT2D eigenvalue weighted by atomic mass is 10.0. The van der Waals surface area contributed by atoms with Crippen LogP contribution in [-0.2, 0) is 49.1 Å². The van der Waals surface area contributed by atoms with E-state index in [2.05, 4.69) is 20.6 Å². The van der Waals surface area contributed by atoms with Crippen LogP contribution in [0.2, 0.25) is 20.1 Å². The van der Waals surface area contributed by atoms with Crippen LogP contribution in [0.3, 0.4) is 0 Å². The lowest BCUT2D eigenvalue weighted by Gasteiger charge is -2.25. The van der Waals surface area contributed by atoms with Gasteiger partial charge in [0.15, 0.2) is 0 Å². The summed E-state index contributed by atoms with van der Waals surface area (Å²) in [6.07, 6.45) is 7.27. The summed E-state index contributed by atoms with van der Waals surface area (Å²) in [5, 5.41) is 62.7. The zero-order valence-electron chi connectivity index (χ0n) is 37.6. The van der Waals surface area contributed by atoms with Crippen molar-refractivity contribution in [1.29, 1.82) is 10.7 Å². The molecular weight excluding hydrogens is 986 g/mol. The van der Waals surface area contributed by atoms with Gasteiger partial charge in [-0.25, -0.2) is 0 Å². The number of aliphatic hydroxyl groups excluding tert-OH is 2. The molecular formula is C50H46Cl4N6O10. The number of ether oxygens (including phenoxy) is 4. The zero-order valence-corrected chi connectivity index (χ0v) is 40.6. The number of rotatable bonds is 24. The number of benzene rings is 4. The molecule has 0 aliphatic rings. The largest absolute Gasteiger partial charge is 0.488 e. The van der Waals surface area contributed by atoms with Crippen LogP contribution in [0, 0.1) is 16.7 Å². The minimum Gasteiger partial charge on any atom is -0.488 e. The van der Waals surface area contributed by atoms with Crippen LogP contribution in [0.1, 0.15) is 58.4 Å². The molecule has 0 bridgehead atoms. The maximum Gasteiger partial charge on any atom is 0.326 e. The molecule has 7 N–H and O–H groups in total. The Morgan fingerprint density at radius 1 is 0.643 bits per heavy atom. The van der Waals surface area contributed by atoms with Gasteiger partial charge in [0.25, 0.3) is 0 Å². The number of carboxylic acid groups (broad SMARTS) is 2. The van der Waals surface area contributed by atoms with Crippen molar-refractivity contribution in [2.24, 2.45) is 0 Å². The molecule has 364 valence electrons. The topological polar surface area (TPSA) is 249 Å². The van der Waals surface area contributed by atoms with Crippen molar-refractivity contribution >= 4 is 64.6 Å². The molecule has 2 atom stereocenters. The third-order valence-electron chi connectivity index (χ3n) is 11.1. The molecule has 0 spiro atoms. The average molecular weight is 1030 g/mol. The first-order valence-electron chi connectivity index (χ1n) is 21.2. The number of pyridine rings is 2. The first kappa shape index (κ1) is 52.8. The Labute approximate surface area is 422 Å². The average Bonchev–Trinajstić information content (AvgIpc) is 3.36. The van der Waals surface area contributed by atoms with Gasteiger partial charge < -0.3 is 44.8 Å². The molecule has 70 heavy (non-hydrogen) atoms. The number of aromatic nitrogens is 2. The Kier molecular flexibility index (Phi) is 18.0. The van der Waals surface area contributed by atoms with Gasteiger partial charge in [0, 0.05) is 106 Å². The Bertz CT molecular complexity index is 2940. The molecule has 0 aliphatic heterocycles. The van der Waals surface area contributed by atoms with Gasteiger partial charge in [0.2, 0.25) is 0 Å². The fourth-order valence-corrected chi connectivity index (χ4v) is 7.67. The number of aliphatic carboxylic acids is 2. The third-order valence-corrected chi connectivity index (χ3v) is 12.5. The van der Waals surface area contributed by atoms with E-state index in [1.807, 2.05) is 6.07 Å². The second-order valence-electron chi connectivity index (χ2n) is 16.3. The first-order valence-corrected chi connectivity index (χ1v) is 22.7. The molecule has 2 unspecified atom stereocenters. The Hall–Kier alpha value is -6.52. The van der Waals surface area contributed by atoms with Crippen LogP contribution in [0.5, 0.6) is 23.0 Å². The fraction of sp³-hybridized carbons (Fsp3) is 0.240. The van der Waals surface area contributed by atoms with E-state index in [0.717, 1.165) is 6.21 Å². The lowest BCUT2D eigenvalue weighted by Crippen LogP contribution is -2.52. The predicted molar refractivity (Wildman–Crippen MR) is 263 cm³/mol. The maximum atomic E-state index is 11.9. The second-order valence-corrected chi connectivity index (χ2v) is 17.8. The molecule has 0 fully saturated rings. The molecule has 0 aliphatic carbocycles. The van der Waals surface area contributed by atoms with Crippen molar-refractivity contribution in [3.8, 4) is 40.2 Å². The first-order chi connectivity index (χ1) is 33.5. The molecule has 0 saturated heterocycles. The number of carbonyl (C=O) groups is 2. The zero-order chi connectivity index (χ0) is 50.6. The summed E-state index contributed by atoms with van der Waals surface area (Å²) in [6.45, 7) is 1.21. The summed E-state index contributed by atoms with van der Waals surface area (Å²) in [5.74, 6) is -1.45. The van der Waals surface area contributed by atoms with E-state index in [1.165, 1.54) is 26.2 Å². The highest BCUT2D eigenvalue weighted by molar-refractivity contribution is 6.37. The molecule has 2 aromatic heterocycles. The highest BCUT2D eigenvalue weighted by Gasteiger charge is 2.33. The summed E-state index contributed by atoms with van der Waals surface area (Å²) in [6, 6.07) is 22.4. The van der Waals surface area contributed by atoms with Crippen molar-refractivity contribution in [3.63, 3.8) is 0 Å². The van der Waals surface area contributed by atoms with Gasteiger partial charge in [0.05, 0.1) is 38.9 Å². The summed E-state index contributed by atoms with van der Waals surface area (Å²) in [7, 11) is 0. The third kappa shape index (κ3) is 13.0. The molecule has 0 saturated carbocycles. The second kappa shape index (κ2) is 23.9. The van der Waals surface area contributed by atoms with Gasteiger partial charge in [-0.2, -0.15) is 5.26 Å². The van der Waals surface area contributed by atoms with Gasteiger partial charge in [-0.15, -0.1) is 0 Å². The summed E-state index contributed by atoms with van der Waals surface area (Å²) >= 11 is 27.6. The van der Waals surface area contributed by atoms with Crippen molar-refractivity contribution < 1.29 is 49.0 Å². The maximum absolute atomic E-state index is 11.9. The Morgan fingerprint density at radius 3 is 1.51 bits per heavy atom. The van der Waals surface area contributed by atoms with E-state index in [4.69, 9.17) is 70.8 Å². The molecule has 0 amide bonds. The van der Waals surface area contributed by atoms with Crippen molar-refractivity contribution in [2.45, 2.75) is 64.4 Å². The monoisotopic (exact) mass is 1030 g/mol. The highest BCUT2D eigenvalue weighted by atomic mass is 35.5. The van der Waals surface area contributed by atoms with Gasteiger partial charge in [-0.1, -0.05) is 82.8 Å². The van der Waals surface area contributed by atoms with Crippen molar-refractivity contribution in [1.82, 2.24) is 20.6 Å². The van der Waals surface area contributed by atoms with E-state index in [1.54, 1.807) is 85.2 Å². The smallest absolute Gasteiger partial charge is 0.326 e. The number of nitriles is 1. The molecule has 2 heterocycles. The van der Waals surface area contributed by atoms with Crippen molar-refractivity contribution in [3.05, 3.63) is 162 Å².